The Hall–Kier alpha value is -1.77. The molecule has 0 spiro atoms. The van der Waals surface area contributed by atoms with Crippen LogP contribution in [0.15, 0.2) is 29.4 Å². The van der Waals surface area contributed by atoms with Crippen molar-refractivity contribution >= 4 is 22.1 Å². The largest absolute Gasteiger partial charge is 0.478 e. The van der Waals surface area contributed by atoms with Gasteiger partial charge in [-0.15, -0.1) is 4.83 Å². The van der Waals surface area contributed by atoms with Gasteiger partial charge in [0.25, 0.3) is 10.0 Å². The van der Waals surface area contributed by atoms with E-state index in [0.717, 1.165) is 25.3 Å². The van der Waals surface area contributed by atoms with Crippen LogP contribution in [0.4, 0.5) is 0 Å². The molecule has 114 valence electrons. The van der Waals surface area contributed by atoms with E-state index in [2.05, 4.69) is 9.82 Å². The summed E-state index contributed by atoms with van der Waals surface area (Å²) in [5.41, 5.74) is 0.416. The number of carbonyl (C=O) groups is 1. The second kappa shape index (κ2) is 6.79. The normalized spacial score (nSPS) is 17.1. The molecule has 0 unspecified atom stereocenters. The van der Waals surface area contributed by atoms with Gasteiger partial charge in [0.1, 0.15) is 4.90 Å². The highest BCUT2D eigenvalue weighted by molar-refractivity contribution is 7.89. The third-order valence-corrected chi connectivity index (χ3v) is 4.41. The Morgan fingerprint density at radius 1 is 1.29 bits per heavy atom. The second-order valence-electron chi connectivity index (χ2n) is 4.77. The topological polar surface area (TPSA) is 99.6 Å². The monoisotopic (exact) mass is 311 g/mol. The number of aromatic nitrogens is 1. The number of rotatable bonds is 5. The molecular formula is C13H17N3O4S. The first-order valence-electron chi connectivity index (χ1n) is 6.61. The number of nitrogens with zero attached hydrogens (tertiary/aromatic N) is 2. The molecule has 0 atom stereocenters. The summed E-state index contributed by atoms with van der Waals surface area (Å²) in [7, 11) is -3.69. The minimum atomic E-state index is -3.69. The fourth-order valence-electron chi connectivity index (χ4n) is 2.05. The molecule has 0 aromatic carbocycles. The molecule has 1 aromatic heterocycles. The number of hydrogen-bond donors (Lipinski definition) is 2. The van der Waals surface area contributed by atoms with Crippen LogP contribution in [-0.4, -0.2) is 42.6 Å². The third-order valence-electron chi connectivity index (χ3n) is 3.07. The minimum Gasteiger partial charge on any atom is -0.478 e. The molecule has 0 amide bonds. The molecule has 8 heteroatoms. The predicted molar refractivity (Wildman–Crippen MR) is 76.7 cm³/mol. The maximum atomic E-state index is 12.3. The van der Waals surface area contributed by atoms with Crippen LogP contribution < -0.4 is 4.83 Å². The standard InChI is InChI=1S/C13H17N3O4S/c17-13(18)5-4-11-8-12(10-14-9-11)21(19,20)15-16-6-2-1-3-7-16/h4-5,8-10,15H,1-3,6-7H2,(H,17,18)/b5-4+. The van der Waals surface area contributed by atoms with E-state index in [9.17, 15) is 13.2 Å². The zero-order valence-electron chi connectivity index (χ0n) is 11.4. The van der Waals surface area contributed by atoms with Crippen molar-refractivity contribution < 1.29 is 18.3 Å². The number of nitrogens with one attached hydrogen (secondary N) is 1. The van der Waals surface area contributed by atoms with Crippen LogP contribution in [0.3, 0.4) is 0 Å². The maximum absolute atomic E-state index is 12.3. The fourth-order valence-corrected chi connectivity index (χ4v) is 3.17. The van der Waals surface area contributed by atoms with E-state index in [-0.39, 0.29) is 4.90 Å². The summed E-state index contributed by atoms with van der Waals surface area (Å²) in [6.07, 6.45) is 7.91. The maximum Gasteiger partial charge on any atom is 0.328 e. The fraction of sp³-hybridized carbons (Fsp3) is 0.385. The zero-order valence-corrected chi connectivity index (χ0v) is 12.2. The van der Waals surface area contributed by atoms with E-state index in [4.69, 9.17) is 5.11 Å². The van der Waals surface area contributed by atoms with Gasteiger partial charge in [-0.3, -0.25) is 4.98 Å². The Morgan fingerprint density at radius 2 is 2.00 bits per heavy atom. The van der Waals surface area contributed by atoms with Crippen LogP contribution in [-0.2, 0) is 14.8 Å². The number of aliphatic carboxylic acids is 1. The predicted octanol–water partition coefficient (Wildman–Crippen LogP) is 0.859. The second-order valence-corrected chi connectivity index (χ2v) is 6.43. The van der Waals surface area contributed by atoms with Crippen molar-refractivity contribution in [2.24, 2.45) is 0 Å². The van der Waals surface area contributed by atoms with E-state index in [1.807, 2.05) is 0 Å². The van der Waals surface area contributed by atoms with E-state index < -0.39 is 16.0 Å². The van der Waals surface area contributed by atoms with Crippen LogP contribution in [0.25, 0.3) is 6.08 Å². The van der Waals surface area contributed by atoms with Gasteiger partial charge in [0.15, 0.2) is 0 Å². The number of hydrogen-bond acceptors (Lipinski definition) is 5. The molecule has 21 heavy (non-hydrogen) atoms. The first-order chi connectivity index (χ1) is 9.97. The first kappa shape index (κ1) is 15.6. The quantitative estimate of drug-likeness (QED) is 0.782. The molecule has 2 heterocycles. The van der Waals surface area contributed by atoms with Gasteiger partial charge in [-0.1, -0.05) is 6.42 Å². The molecule has 0 bridgehead atoms. The van der Waals surface area contributed by atoms with Crippen molar-refractivity contribution in [3.05, 3.63) is 30.1 Å². The van der Waals surface area contributed by atoms with E-state index >= 15 is 0 Å². The molecule has 7 nitrogen and oxygen atoms in total. The van der Waals surface area contributed by atoms with Crippen LogP contribution in [0.5, 0.6) is 0 Å². The Kier molecular flexibility index (Phi) is 5.05. The molecule has 2 N–H and O–H groups in total. The molecule has 1 aliphatic rings. The Bertz CT molecular complexity index is 637. The Labute approximate surface area is 123 Å². The summed E-state index contributed by atoms with van der Waals surface area (Å²) in [5.74, 6) is -1.10. The summed E-state index contributed by atoms with van der Waals surface area (Å²) in [4.78, 5) is 16.9. The molecule has 1 aliphatic heterocycles. The van der Waals surface area contributed by atoms with Crippen molar-refractivity contribution in [2.45, 2.75) is 24.2 Å². The molecule has 0 saturated carbocycles. The molecule has 1 aromatic rings. The smallest absolute Gasteiger partial charge is 0.328 e. The van der Waals surface area contributed by atoms with Crippen molar-refractivity contribution in [2.75, 3.05) is 13.1 Å². The lowest BCUT2D eigenvalue weighted by atomic mass is 10.2. The van der Waals surface area contributed by atoms with Gasteiger partial charge in [0.2, 0.25) is 0 Å². The summed E-state index contributed by atoms with van der Waals surface area (Å²) in [6.45, 7) is 1.37. The summed E-state index contributed by atoms with van der Waals surface area (Å²) < 4.78 is 24.5. The summed E-state index contributed by atoms with van der Waals surface area (Å²) in [6, 6.07) is 1.39. The molecule has 2 rings (SSSR count). The van der Waals surface area contributed by atoms with Crippen LogP contribution in [0, 0.1) is 0 Å². The summed E-state index contributed by atoms with van der Waals surface area (Å²) >= 11 is 0. The average molecular weight is 311 g/mol. The molecular weight excluding hydrogens is 294 g/mol. The SMILES string of the molecule is O=C(O)/C=C/c1cncc(S(=O)(=O)NN2CCCCC2)c1. The number of piperidine rings is 1. The van der Waals surface area contributed by atoms with Crippen molar-refractivity contribution in [1.29, 1.82) is 0 Å². The summed E-state index contributed by atoms with van der Waals surface area (Å²) in [5, 5.41) is 10.3. The Balaban J connectivity index is 2.15. The van der Waals surface area contributed by atoms with E-state index in [1.165, 1.54) is 24.5 Å². The minimum absolute atomic E-state index is 0.0145. The van der Waals surface area contributed by atoms with E-state index in [1.54, 1.807) is 5.01 Å². The highest BCUT2D eigenvalue weighted by Gasteiger charge is 2.20. The zero-order chi connectivity index (χ0) is 15.3. The van der Waals surface area contributed by atoms with Gasteiger partial charge in [0.05, 0.1) is 0 Å². The van der Waals surface area contributed by atoms with Crippen LogP contribution >= 0.6 is 0 Å². The highest BCUT2D eigenvalue weighted by Crippen LogP contribution is 2.13. The van der Waals surface area contributed by atoms with Crippen molar-refractivity contribution in [1.82, 2.24) is 14.8 Å². The van der Waals surface area contributed by atoms with E-state index in [0.29, 0.717) is 18.7 Å². The van der Waals surface area contributed by atoms with Crippen LogP contribution in [0.1, 0.15) is 24.8 Å². The molecule has 1 saturated heterocycles. The van der Waals surface area contributed by atoms with Crippen LogP contribution in [0.2, 0.25) is 0 Å². The highest BCUT2D eigenvalue weighted by atomic mass is 32.2. The van der Waals surface area contributed by atoms with Crippen molar-refractivity contribution in [3.63, 3.8) is 0 Å². The lowest BCUT2D eigenvalue weighted by Crippen LogP contribution is -2.44. The van der Waals surface area contributed by atoms with Gasteiger partial charge in [-0.25, -0.2) is 18.2 Å². The number of carboxylic acids is 1. The molecule has 0 aliphatic carbocycles. The first-order valence-corrected chi connectivity index (χ1v) is 8.09. The van der Waals surface area contributed by atoms with Gasteiger partial charge >= 0.3 is 5.97 Å². The van der Waals surface area contributed by atoms with Crippen molar-refractivity contribution in [3.8, 4) is 0 Å². The number of pyridine rings is 1. The lowest BCUT2D eigenvalue weighted by Gasteiger charge is -2.26. The van der Waals surface area contributed by atoms with Gasteiger partial charge in [-0.05, 0) is 30.5 Å². The lowest BCUT2D eigenvalue weighted by molar-refractivity contribution is -0.131. The van der Waals surface area contributed by atoms with Gasteiger partial charge in [0, 0.05) is 31.6 Å². The number of hydrazine groups is 1. The molecule has 1 fully saturated rings. The number of carboxylic acid groups (broad SMARTS) is 1. The third kappa shape index (κ3) is 4.62. The Morgan fingerprint density at radius 3 is 2.67 bits per heavy atom. The van der Waals surface area contributed by atoms with Gasteiger partial charge in [-0.2, -0.15) is 0 Å². The molecule has 0 radical (unpaired) electrons. The van der Waals surface area contributed by atoms with Gasteiger partial charge < -0.3 is 5.11 Å². The number of sulfonamides is 1. The average Bonchev–Trinajstić information content (AvgIpc) is 2.46.